The molecular formula is C14H21N3O3S. The lowest BCUT2D eigenvalue weighted by Crippen LogP contribution is -2.47. The first-order chi connectivity index (χ1) is 9.93. The third-order valence-electron chi connectivity index (χ3n) is 3.82. The number of sulfonamides is 1. The maximum Gasteiger partial charge on any atom is 0.244 e. The summed E-state index contributed by atoms with van der Waals surface area (Å²) in [5.41, 5.74) is 0. The number of carbonyl (C=O) groups excluding carboxylic acids is 1. The van der Waals surface area contributed by atoms with Crippen LogP contribution < -0.4 is 0 Å². The van der Waals surface area contributed by atoms with Crippen molar-refractivity contribution in [2.24, 2.45) is 0 Å². The molecule has 1 fully saturated rings. The highest BCUT2D eigenvalue weighted by atomic mass is 32.2. The highest BCUT2D eigenvalue weighted by Gasteiger charge is 2.28. The van der Waals surface area contributed by atoms with Crippen LogP contribution in [0.1, 0.15) is 26.2 Å². The zero-order valence-electron chi connectivity index (χ0n) is 12.4. The molecule has 0 bridgehead atoms. The molecule has 0 radical (unpaired) electrons. The van der Waals surface area contributed by atoms with Gasteiger partial charge in [0.1, 0.15) is 4.90 Å². The van der Waals surface area contributed by atoms with Gasteiger partial charge in [0, 0.05) is 32.0 Å². The van der Waals surface area contributed by atoms with Crippen LogP contribution >= 0.6 is 0 Å². The van der Waals surface area contributed by atoms with Crippen molar-refractivity contribution in [3.05, 3.63) is 24.5 Å². The number of likely N-dealkylation sites (tertiary alicyclic amines) is 1. The van der Waals surface area contributed by atoms with Crippen LogP contribution in [-0.4, -0.2) is 54.7 Å². The van der Waals surface area contributed by atoms with Gasteiger partial charge in [-0.2, -0.15) is 4.31 Å². The van der Waals surface area contributed by atoms with E-state index in [-0.39, 0.29) is 23.4 Å². The zero-order chi connectivity index (χ0) is 15.5. The van der Waals surface area contributed by atoms with Crippen molar-refractivity contribution in [2.75, 3.05) is 20.1 Å². The van der Waals surface area contributed by atoms with E-state index in [1.165, 1.54) is 25.5 Å². The van der Waals surface area contributed by atoms with E-state index in [2.05, 4.69) is 4.98 Å². The summed E-state index contributed by atoms with van der Waals surface area (Å²) in [7, 11) is -2.24. The number of aromatic nitrogens is 1. The second-order valence-electron chi connectivity index (χ2n) is 5.38. The van der Waals surface area contributed by atoms with Crippen LogP contribution in [0, 0.1) is 0 Å². The van der Waals surface area contributed by atoms with Crippen molar-refractivity contribution in [3.63, 3.8) is 0 Å². The molecule has 0 saturated carbocycles. The van der Waals surface area contributed by atoms with Crippen LogP contribution in [0.5, 0.6) is 0 Å². The molecule has 1 unspecified atom stereocenters. The topological polar surface area (TPSA) is 70.6 Å². The first-order valence-electron chi connectivity index (χ1n) is 7.09. The lowest BCUT2D eigenvalue weighted by atomic mass is 10.0. The van der Waals surface area contributed by atoms with E-state index in [0.717, 1.165) is 23.6 Å². The van der Waals surface area contributed by atoms with Crippen LogP contribution in [0.25, 0.3) is 0 Å². The Morgan fingerprint density at radius 2 is 2.24 bits per heavy atom. The van der Waals surface area contributed by atoms with Gasteiger partial charge in [-0.3, -0.25) is 9.78 Å². The number of amides is 1. The lowest BCUT2D eigenvalue weighted by Gasteiger charge is -2.34. The van der Waals surface area contributed by atoms with Crippen molar-refractivity contribution in [1.82, 2.24) is 14.2 Å². The molecule has 1 saturated heterocycles. The highest BCUT2D eigenvalue weighted by Crippen LogP contribution is 2.18. The van der Waals surface area contributed by atoms with Gasteiger partial charge in [-0.15, -0.1) is 0 Å². The molecule has 1 amide bonds. The predicted octanol–water partition coefficient (Wildman–Crippen LogP) is 1.10. The quantitative estimate of drug-likeness (QED) is 0.835. The van der Waals surface area contributed by atoms with E-state index < -0.39 is 10.0 Å². The van der Waals surface area contributed by atoms with Crippen molar-refractivity contribution in [3.8, 4) is 0 Å². The van der Waals surface area contributed by atoms with Crippen molar-refractivity contribution < 1.29 is 13.2 Å². The van der Waals surface area contributed by atoms with Crippen LogP contribution in [-0.2, 0) is 14.8 Å². The SMILES string of the molecule is CC1CCCCN1C(=O)CN(C)S(=O)(=O)c1cccnc1. The molecule has 116 valence electrons. The van der Waals surface area contributed by atoms with Crippen LogP contribution in [0.4, 0.5) is 0 Å². The fraction of sp³-hybridized carbons (Fsp3) is 0.571. The van der Waals surface area contributed by atoms with Gasteiger partial charge in [-0.05, 0) is 38.3 Å². The third-order valence-corrected chi connectivity index (χ3v) is 5.61. The Balaban J connectivity index is 2.07. The van der Waals surface area contributed by atoms with E-state index in [1.54, 1.807) is 11.0 Å². The molecule has 1 aromatic rings. The van der Waals surface area contributed by atoms with Crippen LogP contribution in [0.3, 0.4) is 0 Å². The minimum absolute atomic E-state index is 0.104. The second kappa shape index (κ2) is 6.53. The number of hydrogen-bond acceptors (Lipinski definition) is 4. The Morgan fingerprint density at radius 1 is 1.48 bits per heavy atom. The van der Waals surface area contributed by atoms with Gasteiger partial charge in [0.15, 0.2) is 0 Å². The Bertz CT molecular complexity index is 589. The third kappa shape index (κ3) is 3.59. The molecular weight excluding hydrogens is 290 g/mol. The van der Waals surface area contributed by atoms with E-state index >= 15 is 0 Å². The fourth-order valence-corrected chi connectivity index (χ4v) is 3.60. The predicted molar refractivity (Wildman–Crippen MR) is 79.1 cm³/mol. The molecule has 0 N–H and O–H groups in total. The summed E-state index contributed by atoms with van der Waals surface area (Å²) < 4.78 is 25.8. The second-order valence-corrected chi connectivity index (χ2v) is 7.43. The summed E-state index contributed by atoms with van der Waals surface area (Å²) in [5, 5.41) is 0. The normalized spacial score (nSPS) is 19.8. The Hall–Kier alpha value is -1.47. The first kappa shape index (κ1) is 15.9. The number of hydrogen-bond donors (Lipinski definition) is 0. The molecule has 0 aliphatic carbocycles. The maximum absolute atomic E-state index is 12.3. The van der Waals surface area contributed by atoms with Crippen molar-refractivity contribution in [2.45, 2.75) is 37.1 Å². The standard InChI is InChI=1S/C14H21N3O3S/c1-12-6-3-4-9-17(12)14(18)11-16(2)21(19,20)13-7-5-8-15-10-13/h5,7-8,10,12H,3-4,6,9,11H2,1-2H3. The monoisotopic (exact) mass is 311 g/mol. The summed E-state index contributed by atoms with van der Waals surface area (Å²) >= 11 is 0. The highest BCUT2D eigenvalue weighted by molar-refractivity contribution is 7.89. The van der Waals surface area contributed by atoms with Crippen molar-refractivity contribution >= 4 is 15.9 Å². The smallest absolute Gasteiger partial charge is 0.244 e. The van der Waals surface area contributed by atoms with Gasteiger partial charge < -0.3 is 4.90 Å². The molecule has 21 heavy (non-hydrogen) atoms. The fourth-order valence-electron chi connectivity index (χ4n) is 2.51. The molecule has 1 aromatic heterocycles. The molecule has 6 nitrogen and oxygen atoms in total. The van der Waals surface area contributed by atoms with E-state index in [9.17, 15) is 13.2 Å². The van der Waals surface area contributed by atoms with Gasteiger partial charge in [0.25, 0.3) is 0 Å². The van der Waals surface area contributed by atoms with Gasteiger partial charge in [0.05, 0.1) is 6.54 Å². The summed E-state index contributed by atoms with van der Waals surface area (Å²) in [6.07, 6.45) is 5.88. The molecule has 1 aliphatic rings. The van der Waals surface area contributed by atoms with Gasteiger partial charge in [-0.1, -0.05) is 0 Å². The maximum atomic E-state index is 12.3. The zero-order valence-corrected chi connectivity index (χ0v) is 13.2. The molecule has 7 heteroatoms. The first-order valence-corrected chi connectivity index (χ1v) is 8.53. The molecule has 0 spiro atoms. The average molecular weight is 311 g/mol. The summed E-state index contributed by atoms with van der Waals surface area (Å²) in [6.45, 7) is 2.58. The molecule has 1 aliphatic heterocycles. The molecule has 2 rings (SSSR count). The number of carbonyl (C=O) groups is 1. The van der Waals surface area contributed by atoms with Crippen LogP contribution in [0.15, 0.2) is 29.4 Å². The van der Waals surface area contributed by atoms with Gasteiger partial charge in [-0.25, -0.2) is 8.42 Å². The Labute approximate surface area is 125 Å². The molecule has 2 heterocycles. The molecule has 0 aromatic carbocycles. The minimum Gasteiger partial charge on any atom is -0.339 e. The largest absolute Gasteiger partial charge is 0.339 e. The van der Waals surface area contributed by atoms with E-state index in [1.807, 2.05) is 6.92 Å². The minimum atomic E-state index is -3.67. The summed E-state index contributed by atoms with van der Waals surface area (Å²) in [5.74, 6) is -0.142. The number of rotatable bonds is 4. The van der Waals surface area contributed by atoms with E-state index in [0.29, 0.717) is 6.54 Å². The molecule has 1 atom stereocenters. The summed E-state index contributed by atoms with van der Waals surface area (Å²) in [4.78, 5) is 18.0. The number of piperidine rings is 1. The number of likely N-dealkylation sites (N-methyl/N-ethyl adjacent to an activating group) is 1. The van der Waals surface area contributed by atoms with Crippen molar-refractivity contribution in [1.29, 1.82) is 0 Å². The number of pyridine rings is 1. The van der Waals surface area contributed by atoms with Gasteiger partial charge in [0.2, 0.25) is 15.9 Å². The van der Waals surface area contributed by atoms with Gasteiger partial charge >= 0.3 is 0 Å². The van der Waals surface area contributed by atoms with E-state index in [4.69, 9.17) is 0 Å². The Morgan fingerprint density at radius 3 is 2.86 bits per heavy atom. The average Bonchev–Trinajstić information content (AvgIpc) is 2.48. The van der Waals surface area contributed by atoms with Crippen LogP contribution in [0.2, 0.25) is 0 Å². The Kier molecular flexibility index (Phi) is 4.95. The summed E-state index contributed by atoms with van der Waals surface area (Å²) in [6, 6.07) is 3.22. The lowest BCUT2D eigenvalue weighted by molar-refractivity contribution is -0.134. The number of nitrogens with zero attached hydrogens (tertiary/aromatic N) is 3.